The molecule has 0 bridgehead atoms. The van der Waals surface area contributed by atoms with Crippen molar-refractivity contribution in [2.75, 3.05) is 27.9 Å². The lowest BCUT2D eigenvalue weighted by Crippen LogP contribution is -2.44. The normalized spacial score (nSPS) is 33.5. The second-order valence-corrected chi connectivity index (χ2v) is 5.54. The topological polar surface area (TPSA) is 46.2 Å². The summed E-state index contributed by atoms with van der Waals surface area (Å²) >= 11 is 0. The summed E-state index contributed by atoms with van der Waals surface area (Å²) in [6.45, 7) is 6.61. The Balaban J connectivity index is 2.69. The van der Waals surface area contributed by atoms with E-state index in [0.717, 1.165) is 0 Å². The van der Waals surface area contributed by atoms with Gasteiger partial charge in [-0.25, -0.2) is 0 Å². The van der Waals surface area contributed by atoms with Crippen LogP contribution < -0.4 is 0 Å². The fourth-order valence-corrected chi connectivity index (χ4v) is 2.83. The number of ether oxygens (including phenoxy) is 5. The summed E-state index contributed by atoms with van der Waals surface area (Å²) < 4.78 is 27.8. The standard InChI is InChI=1S/C14H27BO5/c1-8(2)11(17-5)9(3)19-13-12(18-6)10(7-16-4)20-14(13)15/h8-14H,7H2,1-6H3/t9-,10+,11+,12?,13-,14+/m0/s1. The van der Waals surface area contributed by atoms with E-state index in [9.17, 15) is 0 Å². The van der Waals surface area contributed by atoms with Gasteiger partial charge in [0.25, 0.3) is 0 Å². The monoisotopic (exact) mass is 286 g/mol. The molecule has 0 N–H and O–H groups in total. The van der Waals surface area contributed by atoms with Crippen molar-refractivity contribution >= 4 is 7.85 Å². The van der Waals surface area contributed by atoms with Crippen LogP contribution in [0.2, 0.25) is 0 Å². The first kappa shape index (κ1) is 17.9. The molecule has 0 amide bonds. The first-order valence-corrected chi connectivity index (χ1v) is 7.07. The zero-order valence-electron chi connectivity index (χ0n) is 13.4. The van der Waals surface area contributed by atoms with Crippen molar-refractivity contribution in [2.24, 2.45) is 5.92 Å². The lowest BCUT2D eigenvalue weighted by Gasteiger charge is -2.31. The fourth-order valence-electron chi connectivity index (χ4n) is 2.83. The molecule has 1 aliphatic heterocycles. The molecule has 0 aromatic heterocycles. The summed E-state index contributed by atoms with van der Waals surface area (Å²) in [4.78, 5) is 0. The first-order valence-electron chi connectivity index (χ1n) is 7.07. The summed E-state index contributed by atoms with van der Waals surface area (Å²) in [5.41, 5.74) is 0. The maximum absolute atomic E-state index is 6.06. The average molecular weight is 286 g/mol. The van der Waals surface area contributed by atoms with Crippen LogP contribution in [0.1, 0.15) is 20.8 Å². The highest BCUT2D eigenvalue weighted by Crippen LogP contribution is 2.27. The van der Waals surface area contributed by atoms with Gasteiger partial charge in [0.05, 0.1) is 18.8 Å². The van der Waals surface area contributed by atoms with E-state index in [4.69, 9.17) is 31.5 Å². The van der Waals surface area contributed by atoms with E-state index in [1.165, 1.54) is 0 Å². The number of methoxy groups -OCH3 is 3. The molecular weight excluding hydrogens is 259 g/mol. The van der Waals surface area contributed by atoms with Crippen LogP contribution in [-0.4, -0.2) is 72.3 Å². The van der Waals surface area contributed by atoms with E-state index in [-0.39, 0.29) is 30.5 Å². The molecule has 1 aliphatic rings. The Morgan fingerprint density at radius 3 is 2.20 bits per heavy atom. The van der Waals surface area contributed by atoms with Crippen LogP contribution in [0, 0.1) is 5.92 Å². The molecule has 0 saturated carbocycles. The van der Waals surface area contributed by atoms with Gasteiger partial charge >= 0.3 is 0 Å². The quantitative estimate of drug-likeness (QED) is 0.623. The SMILES string of the molecule is [B][C@@H]1O[C@H](COC)C(OC)[C@@H]1O[C@@H](C)[C@H](OC)C(C)C. The second kappa shape index (κ2) is 8.34. The van der Waals surface area contributed by atoms with Gasteiger partial charge in [0.2, 0.25) is 0 Å². The van der Waals surface area contributed by atoms with Gasteiger partial charge in [-0.3, -0.25) is 0 Å². The molecule has 1 unspecified atom stereocenters. The lowest BCUT2D eigenvalue weighted by molar-refractivity contribution is -0.127. The number of rotatable bonds is 8. The van der Waals surface area contributed by atoms with Gasteiger partial charge < -0.3 is 23.7 Å². The molecule has 0 aromatic rings. The molecule has 1 rings (SSSR count). The van der Waals surface area contributed by atoms with Gasteiger partial charge in [0, 0.05) is 27.3 Å². The third-order valence-corrected chi connectivity index (χ3v) is 3.71. The summed E-state index contributed by atoms with van der Waals surface area (Å²) in [7, 11) is 11.0. The Labute approximate surface area is 123 Å². The van der Waals surface area contributed by atoms with Crippen LogP contribution in [0.4, 0.5) is 0 Å². The number of hydrogen-bond acceptors (Lipinski definition) is 5. The van der Waals surface area contributed by atoms with Crippen molar-refractivity contribution in [3.05, 3.63) is 0 Å². The molecule has 1 fully saturated rings. The van der Waals surface area contributed by atoms with Gasteiger partial charge in [-0.1, -0.05) is 13.8 Å². The van der Waals surface area contributed by atoms with Crippen molar-refractivity contribution in [3.63, 3.8) is 0 Å². The lowest BCUT2D eigenvalue weighted by atomic mass is 9.92. The zero-order chi connectivity index (χ0) is 15.3. The minimum atomic E-state index is -0.521. The van der Waals surface area contributed by atoms with Crippen LogP contribution in [-0.2, 0) is 23.7 Å². The second-order valence-electron chi connectivity index (χ2n) is 5.54. The number of hydrogen-bond donors (Lipinski definition) is 0. The minimum absolute atomic E-state index is 0.00109. The van der Waals surface area contributed by atoms with Crippen molar-refractivity contribution in [3.8, 4) is 0 Å². The van der Waals surface area contributed by atoms with Gasteiger partial charge in [-0.15, -0.1) is 0 Å². The molecule has 116 valence electrons. The van der Waals surface area contributed by atoms with Crippen molar-refractivity contribution in [1.82, 2.24) is 0 Å². The summed E-state index contributed by atoms with van der Waals surface area (Å²) in [6.07, 6.45) is -0.874. The highest BCUT2D eigenvalue weighted by atomic mass is 16.6. The van der Waals surface area contributed by atoms with Crippen LogP contribution in [0.3, 0.4) is 0 Å². The largest absolute Gasteiger partial charge is 0.382 e. The zero-order valence-corrected chi connectivity index (χ0v) is 13.4. The van der Waals surface area contributed by atoms with E-state index in [2.05, 4.69) is 13.8 Å². The molecule has 1 saturated heterocycles. The Hall–Kier alpha value is -0.135. The Bertz CT molecular complexity index is 276. The maximum atomic E-state index is 6.06. The van der Waals surface area contributed by atoms with E-state index < -0.39 is 6.00 Å². The molecule has 6 heteroatoms. The van der Waals surface area contributed by atoms with E-state index in [1.54, 1.807) is 21.3 Å². The van der Waals surface area contributed by atoms with Gasteiger partial charge in [0.15, 0.2) is 0 Å². The van der Waals surface area contributed by atoms with Gasteiger partial charge in [-0.2, -0.15) is 0 Å². The molecule has 5 nitrogen and oxygen atoms in total. The van der Waals surface area contributed by atoms with E-state index >= 15 is 0 Å². The van der Waals surface area contributed by atoms with Crippen LogP contribution in [0.25, 0.3) is 0 Å². The highest BCUT2D eigenvalue weighted by Gasteiger charge is 2.44. The summed E-state index contributed by atoms with van der Waals surface area (Å²) in [6, 6.07) is -0.521. The smallest absolute Gasteiger partial charge is 0.113 e. The fraction of sp³-hybridized carbons (Fsp3) is 1.00. The predicted molar refractivity (Wildman–Crippen MR) is 77.1 cm³/mol. The Morgan fingerprint density at radius 1 is 1.10 bits per heavy atom. The van der Waals surface area contributed by atoms with Crippen molar-refractivity contribution < 1.29 is 23.7 Å². The van der Waals surface area contributed by atoms with Crippen molar-refractivity contribution in [1.29, 1.82) is 0 Å². The molecule has 1 heterocycles. The molecule has 20 heavy (non-hydrogen) atoms. The molecular formula is C14H27BO5. The maximum Gasteiger partial charge on any atom is 0.113 e. The third kappa shape index (κ3) is 4.18. The van der Waals surface area contributed by atoms with Gasteiger partial charge in [-0.05, 0) is 12.8 Å². The minimum Gasteiger partial charge on any atom is -0.382 e. The molecule has 0 aromatic carbocycles. The average Bonchev–Trinajstić information content (AvgIpc) is 2.66. The predicted octanol–water partition coefficient (Wildman–Crippen LogP) is 0.986. The van der Waals surface area contributed by atoms with Gasteiger partial charge in [0.1, 0.15) is 26.2 Å². The molecule has 0 spiro atoms. The molecule has 2 radical (unpaired) electrons. The van der Waals surface area contributed by atoms with Crippen molar-refractivity contribution in [2.45, 2.75) is 57.3 Å². The summed E-state index contributed by atoms with van der Waals surface area (Å²) in [5.74, 6) is 0.351. The van der Waals surface area contributed by atoms with Crippen LogP contribution >= 0.6 is 0 Å². The van der Waals surface area contributed by atoms with Crippen LogP contribution in [0.15, 0.2) is 0 Å². The first-order chi connectivity index (χ1) is 9.46. The molecule has 6 atom stereocenters. The van der Waals surface area contributed by atoms with E-state index in [0.29, 0.717) is 12.5 Å². The Kier molecular flexibility index (Phi) is 7.47. The highest BCUT2D eigenvalue weighted by molar-refractivity contribution is 6.11. The Morgan fingerprint density at radius 2 is 1.75 bits per heavy atom. The van der Waals surface area contributed by atoms with E-state index in [1.807, 2.05) is 6.92 Å². The van der Waals surface area contributed by atoms with Crippen LogP contribution in [0.5, 0.6) is 0 Å². The molecule has 0 aliphatic carbocycles. The third-order valence-electron chi connectivity index (χ3n) is 3.71. The summed E-state index contributed by atoms with van der Waals surface area (Å²) in [5, 5.41) is 0.